The van der Waals surface area contributed by atoms with Gasteiger partial charge in [-0.3, -0.25) is 4.79 Å². The summed E-state index contributed by atoms with van der Waals surface area (Å²) in [5, 5.41) is 0. The van der Waals surface area contributed by atoms with E-state index in [4.69, 9.17) is 10.5 Å². The highest BCUT2D eigenvalue weighted by Gasteiger charge is 2.30. The molecule has 0 radical (unpaired) electrons. The number of alkyl halides is 2. The number of nitrogens with two attached hydrogens (primary N) is 1. The van der Waals surface area contributed by atoms with Crippen LogP contribution >= 0.6 is 0 Å². The van der Waals surface area contributed by atoms with Crippen LogP contribution < -0.4 is 10.5 Å². The fraction of sp³-hybridized carbons (Fsp3) is 0.222. The predicted octanol–water partition coefficient (Wildman–Crippen LogP) is 2.72. The van der Waals surface area contributed by atoms with Crippen LogP contribution in [0.5, 0.6) is 5.88 Å². The number of benzene rings is 1. The van der Waals surface area contributed by atoms with Crippen LogP contribution in [0.25, 0.3) is 0 Å². The topological polar surface area (TPSA) is 99.7 Å². The molecule has 10 heteroatoms. The normalized spacial score (nSPS) is 18.5. The Morgan fingerprint density at radius 2 is 2.11 bits per heavy atom. The summed E-state index contributed by atoms with van der Waals surface area (Å²) in [7, 11) is 0. The lowest BCUT2D eigenvalue weighted by Gasteiger charge is -2.25. The maximum Gasteiger partial charge on any atom is 0.388 e. The average Bonchev–Trinajstić information content (AvgIpc) is 2.63. The van der Waals surface area contributed by atoms with Crippen molar-refractivity contribution < 1.29 is 27.4 Å². The van der Waals surface area contributed by atoms with Gasteiger partial charge < -0.3 is 15.2 Å². The Balaban J connectivity index is 1.80. The molecule has 0 aliphatic carbocycles. The number of carbonyl (C=O) groups excluding carboxylic acids is 1. The lowest BCUT2D eigenvalue weighted by molar-refractivity contribution is -0.0531. The maximum atomic E-state index is 14.4. The summed E-state index contributed by atoms with van der Waals surface area (Å²) < 4.78 is 47.6. The van der Waals surface area contributed by atoms with E-state index in [0.717, 1.165) is 12.4 Å². The number of aromatic nitrogens is 2. The van der Waals surface area contributed by atoms with E-state index in [9.17, 15) is 18.0 Å². The minimum Gasteiger partial charge on any atom is -0.434 e. The molecule has 1 aromatic heterocycles. The molecule has 0 saturated heterocycles. The first-order valence-corrected chi connectivity index (χ1v) is 8.05. The fourth-order valence-corrected chi connectivity index (χ4v) is 2.64. The SMILES string of the molecule is C[C@@]1(c2cc(CC(=O)c3cnc(OC(F)F)cn3)ccc2F)C=COC(N)=N1. The Bertz CT molecular complexity index is 948. The van der Waals surface area contributed by atoms with Crippen LogP contribution in [0.3, 0.4) is 0 Å². The minimum atomic E-state index is -3.04. The summed E-state index contributed by atoms with van der Waals surface area (Å²) in [6.45, 7) is -1.39. The number of aliphatic imine (C=N–C) groups is 1. The van der Waals surface area contributed by atoms with Crippen molar-refractivity contribution in [2.24, 2.45) is 10.7 Å². The molecule has 1 aliphatic heterocycles. The Morgan fingerprint density at radius 3 is 2.75 bits per heavy atom. The van der Waals surface area contributed by atoms with Gasteiger partial charge in [-0.05, 0) is 30.7 Å². The molecule has 146 valence electrons. The van der Waals surface area contributed by atoms with Crippen molar-refractivity contribution in [1.29, 1.82) is 0 Å². The highest BCUT2D eigenvalue weighted by atomic mass is 19.3. The van der Waals surface area contributed by atoms with Crippen molar-refractivity contribution >= 4 is 11.8 Å². The average molecular weight is 392 g/mol. The number of amidine groups is 1. The molecule has 0 fully saturated rings. The lowest BCUT2D eigenvalue weighted by atomic mass is 9.89. The molecule has 1 atom stereocenters. The molecule has 2 N–H and O–H groups in total. The minimum absolute atomic E-state index is 0.0352. The third kappa shape index (κ3) is 4.27. The smallest absolute Gasteiger partial charge is 0.388 e. The van der Waals surface area contributed by atoms with E-state index >= 15 is 0 Å². The Labute approximate surface area is 157 Å². The number of rotatable bonds is 6. The van der Waals surface area contributed by atoms with Crippen molar-refractivity contribution in [3.8, 4) is 5.88 Å². The van der Waals surface area contributed by atoms with Crippen molar-refractivity contribution in [3.63, 3.8) is 0 Å². The number of hydrogen-bond acceptors (Lipinski definition) is 7. The summed E-state index contributed by atoms with van der Waals surface area (Å²) >= 11 is 0. The number of nitrogens with zero attached hydrogens (tertiary/aromatic N) is 3. The van der Waals surface area contributed by atoms with Gasteiger partial charge in [0.25, 0.3) is 6.02 Å². The molecule has 0 spiro atoms. The van der Waals surface area contributed by atoms with E-state index in [0.29, 0.717) is 5.56 Å². The highest BCUT2D eigenvalue weighted by Crippen LogP contribution is 2.32. The molecule has 3 rings (SSSR count). The molecule has 0 saturated carbocycles. The molecule has 1 aliphatic rings. The zero-order chi connectivity index (χ0) is 20.3. The molecule has 1 aromatic carbocycles. The molecule has 28 heavy (non-hydrogen) atoms. The van der Waals surface area contributed by atoms with Crippen LogP contribution in [0.2, 0.25) is 0 Å². The summed E-state index contributed by atoms with van der Waals surface area (Å²) in [4.78, 5) is 23.9. The summed E-state index contributed by atoms with van der Waals surface area (Å²) in [6, 6.07) is 4.08. The molecule has 0 unspecified atom stereocenters. The monoisotopic (exact) mass is 392 g/mol. The number of hydrogen-bond donors (Lipinski definition) is 1. The van der Waals surface area contributed by atoms with Gasteiger partial charge in [0, 0.05) is 12.0 Å². The molecule has 2 aromatic rings. The van der Waals surface area contributed by atoms with Gasteiger partial charge >= 0.3 is 6.61 Å². The molecule has 0 bridgehead atoms. The third-order valence-corrected chi connectivity index (χ3v) is 3.99. The van der Waals surface area contributed by atoms with Crippen LogP contribution in [-0.4, -0.2) is 28.4 Å². The molecule has 0 amide bonds. The highest BCUT2D eigenvalue weighted by molar-refractivity contribution is 5.95. The Morgan fingerprint density at radius 1 is 1.32 bits per heavy atom. The second kappa shape index (κ2) is 7.67. The quantitative estimate of drug-likeness (QED) is 0.759. The van der Waals surface area contributed by atoms with E-state index in [-0.39, 0.29) is 23.7 Å². The molecular weight excluding hydrogens is 377 g/mol. The van der Waals surface area contributed by atoms with E-state index in [1.807, 2.05) is 0 Å². The predicted molar refractivity (Wildman–Crippen MR) is 92.3 cm³/mol. The molecular formula is C18H15F3N4O3. The summed E-state index contributed by atoms with van der Waals surface area (Å²) in [6.07, 6.45) is 4.73. The standard InChI is InChI=1S/C18H15F3N4O3/c1-18(4-5-27-17(22)25-18)11-6-10(2-3-12(11)19)7-14(26)13-8-24-15(9-23-13)28-16(20)21/h2-6,8-9,16H,7H2,1H3,(H2,22,25)/t18-/m0/s1. The molecule has 2 heterocycles. The van der Waals surface area contributed by atoms with Gasteiger partial charge in [-0.2, -0.15) is 8.78 Å². The van der Waals surface area contributed by atoms with Gasteiger partial charge in [-0.25, -0.2) is 19.4 Å². The first-order chi connectivity index (χ1) is 13.3. The second-order valence-electron chi connectivity index (χ2n) is 6.05. The zero-order valence-electron chi connectivity index (χ0n) is 14.6. The first kappa shape index (κ1) is 19.3. The Kier molecular flexibility index (Phi) is 5.30. The third-order valence-electron chi connectivity index (χ3n) is 3.99. The van der Waals surface area contributed by atoms with Crippen molar-refractivity contribution in [2.75, 3.05) is 0 Å². The number of ether oxygens (including phenoxy) is 2. The van der Waals surface area contributed by atoms with E-state index in [1.165, 1.54) is 24.5 Å². The number of ketones is 1. The zero-order valence-corrected chi connectivity index (χ0v) is 14.6. The molecule has 7 nitrogen and oxygen atoms in total. The largest absolute Gasteiger partial charge is 0.434 e. The van der Waals surface area contributed by atoms with Crippen molar-refractivity contribution in [1.82, 2.24) is 9.97 Å². The van der Waals surface area contributed by atoms with Gasteiger partial charge in [0.1, 0.15) is 17.1 Å². The van der Waals surface area contributed by atoms with Gasteiger partial charge in [0.05, 0.1) is 18.7 Å². The van der Waals surface area contributed by atoms with Crippen LogP contribution in [0.1, 0.15) is 28.5 Å². The van der Waals surface area contributed by atoms with Crippen molar-refractivity contribution in [3.05, 3.63) is 65.6 Å². The second-order valence-corrected chi connectivity index (χ2v) is 6.05. The van der Waals surface area contributed by atoms with E-state index in [1.54, 1.807) is 13.0 Å². The van der Waals surface area contributed by atoms with Gasteiger partial charge in [-0.1, -0.05) is 6.07 Å². The summed E-state index contributed by atoms with van der Waals surface area (Å²) in [5.41, 5.74) is 5.16. The van der Waals surface area contributed by atoms with Crippen molar-refractivity contribution in [2.45, 2.75) is 25.5 Å². The first-order valence-electron chi connectivity index (χ1n) is 8.05. The van der Waals surface area contributed by atoms with Crippen LogP contribution in [0, 0.1) is 5.82 Å². The lowest BCUT2D eigenvalue weighted by Crippen LogP contribution is -2.28. The Hall–Kier alpha value is -3.43. The van der Waals surface area contributed by atoms with Crippen LogP contribution in [0.15, 0.2) is 47.9 Å². The number of carbonyl (C=O) groups is 1. The number of halogens is 3. The van der Waals surface area contributed by atoms with Gasteiger partial charge in [0.15, 0.2) is 5.78 Å². The van der Waals surface area contributed by atoms with E-state index < -0.39 is 29.6 Å². The number of Topliss-reactive ketones (excluding diaryl/α,β-unsaturated/α-hetero) is 1. The summed E-state index contributed by atoms with van der Waals surface area (Å²) in [5.74, 6) is -1.34. The van der Waals surface area contributed by atoms with Gasteiger partial charge in [0.2, 0.25) is 5.88 Å². The van der Waals surface area contributed by atoms with Crippen LogP contribution in [-0.2, 0) is 16.7 Å². The van der Waals surface area contributed by atoms with Crippen LogP contribution in [0.4, 0.5) is 13.2 Å². The van der Waals surface area contributed by atoms with Gasteiger partial charge in [-0.15, -0.1) is 0 Å². The van der Waals surface area contributed by atoms with E-state index in [2.05, 4.69) is 19.7 Å². The fourth-order valence-electron chi connectivity index (χ4n) is 2.64. The maximum absolute atomic E-state index is 14.4.